The van der Waals surface area contributed by atoms with Gasteiger partial charge in [-0.1, -0.05) is 115 Å². The zero-order chi connectivity index (χ0) is 32.8. The Morgan fingerprint density at radius 3 is 1.14 bits per heavy atom. The molecule has 2 heterocycles. The van der Waals surface area contributed by atoms with Gasteiger partial charge in [0.2, 0.25) is 0 Å². The normalized spacial score (nSPS) is 12.0. The van der Waals surface area contributed by atoms with Crippen molar-refractivity contribution in [2.75, 3.05) is 0 Å². The third kappa shape index (κ3) is 4.50. The van der Waals surface area contributed by atoms with Crippen LogP contribution in [0.1, 0.15) is 0 Å². The smallest absolute Gasteiger partial charge is 0.0542 e. The van der Waals surface area contributed by atoms with Gasteiger partial charge < -0.3 is 0 Å². The van der Waals surface area contributed by atoms with Gasteiger partial charge in [-0.25, -0.2) is 0 Å². The van der Waals surface area contributed by atoms with Gasteiger partial charge in [-0.3, -0.25) is 0 Å². The van der Waals surface area contributed by atoms with E-state index in [1.165, 1.54) is 106 Å². The van der Waals surface area contributed by atoms with Crippen LogP contribution in [-0.2, 0) is 0 Å². The monoisotopic (exact) mass is 668 g/mol. The molecule has 0 aliphatic carbocycles. The van der Waals surface area contributed by atoms with E-state index < -0.39 is 0 Å². The van der Waals surface area contributed by atoms with Gasteiger partial charge in [0.1, 0.15) is 0 Å². The second kappa shape index (κ2) is 10.9. The van der Waals surface area contributed by atoms with Crippen molar-refractivity contribution in [3.63, 3.8) is 0 Å². The molecule has 2 aromatic heterocycles. The molecular weight excluding hydrogens is 641 g/mol. The van der Waals surface area contributed by atoms with Gasteiger partial charge in [0.25, 0.3) is 0 Å². The second-order valence-electron chi connectivity index (χ2n) is 13.4. The summed E-state index contributed by atoms with van der Waals surface area (Å²) in [5.74, 6) is 0. The molecule has 0 nitrogen and oxygen atoms in total. The Morgan fingerprint density at radius 2 is 0.600 bits per heavy atom. The van der Waals surface area contributed by atoms with E-state index in [1.807, 2.05) is 22.7 Å². The SMILES string of the molecule is c1ccc(-c2ccc3ccc(-c4ccc5cc(-c6ccc7cc8c(cc7c6)sc6c7cc9ccccc9cc7sc86)ccc5c4)cc3c2)cc1. The minimum atomic E-state index is 1.24. The summed E-state index contributed by atoms with van der Waals surface area (Å²) >= 11 is 3.87. The standard InChI is InChI=1S/C48H28S2/c1-2-6-29(7-3-1)33-12-10-30-11-13-38(23-41(30)22-33)36-16-14-35-21-37(17-15-34(35)20-36)39-18-19-40-26-44-46(28-42(40)24-39)50-47-43-25-31-8-4-5-9-32(31)27-45(43)49-48(44)47/h1-28H. The minimum absolute atomic E-state index is 1.24. The first-order chi connectivity index (χ1) is 24.7. The molecule has 50 heavy (non-hydrogen) atoms. The maximum absolute atomic E-state index is 2.40. The van der Waals surface area contributed by atoms with E-state index in [4.69, 9.17) is 0 Å². The van der Waals surface area contributed by atoms with Gasteiger partial charge in [-0.2, -0.15) is 0 Å². The third-order valence-corrected chi connectivity index (χ3v) is 12.9. The van der Waals surface area contributed by atoms with E-state index in [0.717, 1.165) is 0 Å². The number of hydrogen-bond acceptors (Lipinski definition) is 2. The van der Waals surface area contributed by atoms with Crippen LogP contribution in [0.2, 0.25) is 0 Å². The lowest BCUT2D eigenvalue weighted by Crippen LogP contribution is -1.84. The van der Waals surface area contributed by atoms with Crippen LogP contribution in [0.4, 0.5) is 0 Å². The highest BCUT2D eigenvalue weighted by Gasteiger charge is 2.14. The fourth-order valence-electron chi connectivity index (χ4n) is 7.71. The summed E-state index contributed by atoms with van der Waals surface area (Å²) in [6, 6.07) is 63.1. The van der Waals surface area contributed by atoms with Crippen LogP contribution < -0.4 is 0 Å². The first-order valence-corrected chi connectivity index (χ1v) is 18.7. The molecule has 232 valence electrons. The van der Waals surface area contributed by atoms with Crippen LogP contribution in [0.25, 0.3) is 106 Å². The predicted molar refractivity (Wildman–Crippen MR) is 221 cm³/mol. The lowest BCUT2D eigenvalue weighted by atomic mass is 9.95. The number of thiophene rings is 2. The maximum atomic E-state index is 2.40. The molecular formula is C48H28S2. The molecule has 0 radical (unpaired) electrons. The Bertz CT molecular complexity index is 3140. The first kappa shape index (κ1) is 28.1. The average Bonchev–Trinajstić information content (AvgIpc) is 3.70. The van der Waals surface area contributed by atoms with Crippen molar-refractivity contribution in [2.24, 2.45) is 0 Å². The zero-order valence-electron chi connectivity index (χ0n) is 27.0. The molecule has 0 aliphatic heterocycles. The van der Waals surface area contributed by atoms with Gasteiger partial charge in [-0.05, 0) is 131 Å². The molecule has 0 aliphatic rings. The fourth-order valence-corrected chi connectivity index (χ4v) is 10.4. The number of rotatable bonds is 3. The highest BCUT2D eigenvalue weighted by molar-refractivity contribution is 7.36. The molecule has 11 rings (SSSR count). The van der Waals surface area contributed by atoms with Crippen LogP contribution >= 0.6 is 22.7 Å². The summed E-state index contributed by atoms with van der Waals surface area (Å²) in [6.07, 6.45) is 0. The molecule has 0 unspecified atom stereocenters. The predicted octanol–water partition coefficient (Wildman–Crippen LogP) is 14.9. The lowest BCUT2D eigenvalue weighted by molar-refractivity contribution is 1.63. The van der Waals surface area contributed by atoms with E-state index in [0.29, 0.717) is 0 Å². The first-order valence-electron chi connectivity index (χ1n) is 17.1. The van der Waals surface area contributed by atoms with Crippen molar-refractivity contribution in [3.8, 4) is 33.4 Å². The van der Waals surface area contributed by atoms with E-state index >= 15 is 0 Å². The zero-order valence-corrected chi connectivity index (χ0v) is 28.6. The van der Waals surface area contributed by atoms with Crippen molar-refractivity contribution >= 4 is 95.3 Å². The van der Waals surface area contributed by atoms with Crippen LogP contribution in [0.5, 0.6) is 0 Å². The van der Waals surface area contributed by atoms with Crippen molar-refractivity contribution in [1.82, 2.24) is 0 Å². The van der Waals surface area contributed by atoms with Gasteiger partial charge in [0, 0.05) is 20.2 Å². The Kier molecular flexibility index (Phi) is 6.09. The molecule has 2 heteroatoms. The van der Waals surface area contributed by atoms with E-state index in [-0.39, 0.29) is 0 Å². The Labute approximate surface area is 297 Å². The Morgan fingerprint density at radius 1 is 0.240 bits per heavy atom. The summed E-state index contributed by atoms with van der Waals surface area (Å²) in [4.78, 5) is 0. The molecule has 0 atom stereocenters. The van der Waals surface area contributed by atoms with E-state index in [2.05, 4.69) is 170 Å². The number of hydrogen-bond donors (Lipinski definition) is 0. The topological polar surface area (TPSA) is 0 Å². The molecule has 0 amide bonds. The van der Waals surface area contributed by atoms with Crippen molar-refractivity contribution in [1.29, 1.82) is 0 Å². The third-order valence-electron chi connectivity index (χ3n) is 10.4. The Balaban J connectivity index is 0.942. The van der Waals surface area contributed by atoms with Crippen LogP contribution in [-0.4, -0.2) is 0 Å². The number of fused-ring (bicyclic) bond motifs is 9. The summed E-state index contributed by atoms with van der Waals surface area (Å²) in [5.41, 5.74) is 7.47. The molecule has 0 saturated heterocycles. The van der Waals surface area contributed by atoms with Crippen LogP contribution in [0, 0.1) is 0 Å². The Hall–Kier alpha value is -5.80. The molecule has 9 aromatic carbocycles. The highest BCUT2D eigenvalue weighted by atomic mass is 32.1. The molecule has 0 fully saturated rings. The largest absolute Gasteiger partial charge is 0.134 e. The van der Waals surface area contributed by atoms with Crippen LogP contribution in [0.15, 0.2) is 170 Å². The van der Waals surface area contributed by atoms with Crippen molar-refractivity contribution in [2.45, 2.75) is 0 Å². The van der Waals surface area contributed by atoms with Crippen LogP contribution in [0.3, 0.4) is 0 Å². The molecule has 0 bridgehead atoms. The fraction of sp³-hybridized carbons (Fsp3) is 0. The molecule has 11 aromatic rings. The van der Waals surface area contributed by atoms with Gasteiger partial charge >= 0.3 is 0 Å². The quantitative estimate of drug-likeness (QED) is 0.176. The summed E-state index contributed by atoms with van der Waals surface area (Å²) in [5, 5.41) is 13.0. The minimum Gasteiger partial charge on any atom is -0.134 e. The highest BCUT2D eigenvalue weighted by Crippen LogP contribution is 2.46. The summed E-state index contributed by atoms with van der Waals surface area (Å²) < 4.78 is 5.56. The molecule has 0 spiro atoms. The van der Waals surface area contributed by atoms with E-state index in [9.17, 15) is 0 Å². The van der Waals surface area contributed by atoms with Gasteiger partial charge in [0.15, 0.2) is 0 Å². The average molecular weight is 669 g/mol. The summed E-state index contributed by atoms with van der Waals surface area (Å²) in [6.45, 7) is 0. The molecule has 0 saturated carbocycles. The lowest BCUT2D eigenvalue weighted by Gasteiger charge is -2.10. The summed E-state index contributed by atoms with van der Waals surface area (Å²) in [7, 11) is 0. The maximum Gasteiger partial charge on any atom is 0.0542 e. The van der Waals surface area contributed by atoms with E-state index in [1.54, 1.807) is 0 Å². The van der Waals surface area contributed by atoms with Crippen molar-refractivity contribution < 1.29 is 0 Å². The van der Waals surface area contributed by atoms with Crippen molar-refractivity contribution in [3.05, 3.63) is 170 Å². The molecule has 0 N–H and O–H groups in total. The van der Waals surface area contributed by atoms with Gasteiger partial charge in [0.05, 0.1) is 9.40 Å². The second-order valence-corrected chi connectivity index (χ2v) is 15.5. The number of benzene rings is 9. The van der Waals surface area contributed by atoms with Gasteiger partial charge in [-0.15, -0.1) is 22.7 Å².